The Morgan fingerprint density at radius 3 is 2.94 bits per heavy atom. The van der Waals surface area contributed by atoms with Crippen LogP contribution in [0.5, 0.6) is 0 Å². The number of aromatic amines is 1. The first-order chi connectivity index (χ1) is 8.70. The molecule has 2 aromatic rings. The van der Waals surface area contributed by atoms with Crippen molar-refractivity contribution in [2.24, 2.45) is 5.92 Å². The molecule has 1 heterocycles. The highest BCUT2D eigenvalue weighted by Crippen LogP contribution is 2.17. The number of carbonyl (C=O) groups excluding carboxylic acids is 1. The lowest BCUT2D eigenvalue weighted by atomic mass is 10.1. The van der Waals surface area contributed by atoms with Gasteiger partial charge in [-0.3, -0.25) is 4.79 Å². The van der Waals surface area contributed by atoms with Gasteiger partial charge in [-0.05, 0) is 17.5 Å². The van der Waals surface area contributed by atoms with E-state index in [-0.39, 0.29) is 5.91 Å². The molecule has 3 nitrogen and oxygen atoms in total. The van der Waals surface area contributed by atoms with Crippen molar-refractivity contribution in [2.45, 2.75) is 26.7 Å². The number of hydrogen-bond donors (Lipinski definition) is 2. The average Bonchev–Trinajstić information content (AvgIpc) is 2.79. The van der Waals surface area contributed by atoms with E-state index in [2.05, 4.69) is 24.1 Å². The zero-order valence-corrected chi connectivity index (χ0v) is 11.0. The summed E-state index contributed by atoms with van der Waals surface area (Å²) in [5.74, 6) is 0.636. The first kappa shape index (κ1) is 12.7. The van der Waals surface area contributed by atoms with Crippen molar-refractivity contribution in [2.75, 3.05) is 6.54 Å². The maximum atomic E-state index is 11.8. The van der Waals surface area contributed by atoms with E-state index >= 15 is 0 Å². The van der Waals surface area contributed by atoms with Crippen LogP contribution in [0, 0.1) is 5.92 Å². The molecule has 18 heavy (non-hydrogen) atoms. The summed E-state index contributed by atoms with van der Waals surface area (Å²) in [5, 5.41) is 4.12. The Morgan fingerprint density at radius 2 is 2.17 bits per heavy atom. The predicted molar refractivity (Wildman–Crippen MR) is 74.5 cm³/mol. The lowest BCUT2D eigenvalue weighted by Gasteiger charge is -2.09. The van der Waals surface area contributed by atoms with Crippen molar-refractivity contribution < 1.29 is 4.79 Å². The summed E-state index contributed by atoms with van der Waals surface area (Å²) < 4.78 is 0. The van der Waals surface area contributed by atoms with E-state index in [4.69, 9.17) is 0 Å². The minimum absolute atomic E-state index is 0.0973. The van der Waals surface area contributed by atoms with Gasteiger partial charge >= 0.3 is 0 Å². The van der Waals surface area contributed by atoms with Gasteiger partial charge in [-0.2, -0.15) is 0 Å². The Balaban J connectivity index is 1.99. The van der Waals surface area contributed by atoms with E-state index in [9.17, 15) is 4.79 Å². The molecule has 0 spiro atoms. The zero-order chi connectivity index (χ0) is 13.0. The summed E-state index contributed by atoms with van der Waals surface area (Å²) >= 11 is 0. The molecule has 0 saturated heterocycles. The molecule has 0 bridgehead atoms. The lowest BCUT2D eigenvalue weighted by molar-refractivity contribution is -0.120. The highest BCUT2D eigenvalue weighted by molar-refractivity contribution is 5.88. The molecule has 1 unspecified atom stereocenters. The number of nitrogens with one attached hydrogen (secondary N) is 2. The smallest absolute Gasteiger partial charge is 0.224 e. The van der Waals surface area contributed by atoms with Gasteiger partial charge in [0.2, 0.25) is 5.91 Å². The molecule has 3 heteroatoms. The number of benzene rings is 1. The highest BCUT2D eigenvalue weighted by atomic mass is 16.1. The lowest BCUT2D eigenvalue weighted by Crippen LogP contribution is -2.29. The highest BCUT2D eigenvalue weighted by Gasteiger charge is 2.09. The van der Waals surface area contributed by atoms with Crippen LogP contribution >= 0.6 is 0 Å². The van der Waals surface area contributed by atoms with Gasteiger partial charge in [0, 0.05) is 23.6 Å². The van der Waals surface area contributed by atoms with Crippen LogP contribution in [0.1, 0.15) is 25.8 Å². The number of H-pyrrole nitrogens is 1. The molecule has 0 aliphatic heterocycles. The fourth-order valence-electron chi connectivity index (χ4n) is 1.95. The maximum absolute atomic E-state index is 11.8. The fourth-order valence-corrected chi connectivity index (χ4v) is 1.95. The van der Waals surface area contributed by atoms with E-state index in [1.165, 1.54) is 0 Å². The Bertz CT molecular complexity index is 530. The van der Waals surface area contributed by atoms with Gasteiger partial charge in [0.1, 0.15) is 0 Å². The van der Waals surface area contributed by atoms with Crippen LogP contribution in [0.25, 0.3) is 10.9 Å². The number of amides is 1. The van der Waals surface area contributed by atoms with Gasteiger partial charge in [-0.15, -0.1) is 0 Å². The number of carbonyl (C=O) groups is 1. The van der Waals surface area contributed by atoms with Crippen LogP contribution in [0.15, 0.2) is 30.5 Å². The number of fused-ring (bicyclic) bond motifs is 1. The summed E-state index contributed by atoms with van der Waals surface area (Å²) in [5.41, 5.74) is 2.15. The van der Waals surface area contributed by atoms with Gasteiger partial charge in [0.15, 0.2) is 0 Å². The Labute approximate surface area is 108 Å². The molecule has 96 valence electrons. The number of aromatic nitrogens is 1. The molecule has 1 aromatic heterocycles. The second-order valence-corrected chi connectivity index (χ2v) is 4.85. The quantitative estimate of drug-likeness (QED) is 0.834. The molecular weight excluding hydrogens is 224 g/mol. The largest absolute Gasteiger partial charge is 0.361 e. The van der Waals surface area contributed by atoms with E-state index in [0.29, 0.717) is 12.3 Å². The Morgan fingerprint density at radius 1 is 1.39 bits per heavy atom. The number of para-hydroxylation sites is 1. The van der Waals surface area contributed by atoms with E-state index in [1.54, 1.807) is 0 Å². The van der Waals surface area contributed by atoms with Crippen molar-refractivity contribution in [3.8, 4) is 0 Å². The monoisotopic (exact) mass is 244 g/mol. The molecule has 2 rings (SSSR count). The second-order valence-electron chi connectivity index (χ2n) is 4.85. The van der Waals surface area contributed by atoms with E-state index in [0.717, 1.165) is 29.4 Å². The first-order valence-electron chi connectivity index (χ1n) is 6.52. The van der Waals surface area contributed by atoms with Gasteiger partial charge < -0.3 is 10.3 Å². The van der Waals surface area contributed by atoms with Crippen LogP contribution in [-0.2, 0) is 11.2 Å². The average molecular weight is 244 g/mol. The maximum Gasteiger partial charge on any atom is 0.224 e. The molecule has 1 amide bonds. The third-order valence-electron chi connectivity index (χ3n) is 3.37. The molecule has 0 aliphatic rings. The Hall–Kier alpha value is -1.77. The fraction of sp³-hybridized carbons (Fsp3) is 0.400. The SMILES string of the molecule is CCC(C)CNC(=O)Cc1c[nH]c2ccccc12. The third-order valence-corrected chi connectivity index (χ3v) is 3.37. The van der Waals surface area contributed by atoms with Crippen molar-refractivity contribution in [3.63, 3.8) is 0 Å². The van der Waals surface area contributed by atoms with Crippen LogP contribution in [-0.4, -0.2) is 17.4 Å². The van der Waals surface area contributed by atoms with Gasteiger partial charge in [-0.1, -0.05) is 38.5 Å². The van der Waals surface area contributed by atoms with Crippen molar-refractivity contribution in [1.82, 2.24) is 10.3 Å². The van der Waals surface area contributed by atoms with Crippen LogP contribution in [0.2, 0.25) is 0 Å². The minimum atomic E-state index is 0.0973. The minimum Gasteiger partial charge on any atom is -0.361 e. The van der Waals surface area contributed by atoms with Crippen LogP contribution < -0.4 is 5.32 Å². The molecule has 2 N–H and O–H groups in total. The summed E-state index contributed by atoms with van der Waals surface area (Å²) in [6.45, 7) is 5.04. The summed E-state index contributed by atoms with van der Waals surface area (Å²) in [6, 6.07) is 8.06. The molecule has 1 aromatic carbocycles. The summed E-state index contributed by atoms with van der Waals surface area (Å²) in [4.78, 5) is 15.0. The molecule has 0 fully saturated rings. The second kappa shape index (κ2) is 5.71. The van der Waals surface area contributed by atoms with Gasteiger partial charge in [0.05, 0.1) is 6.42 Å². The Kier molecular flexibility index (Phi) is 4.03. The zero-order valence-electron chi connectivity index (χ0n) is 11.0. The molecular formula is C15H20N2O. The van der Waals surface area contributed by atoms with Crippen LogP contribution in [0.3, 0.4) is 0 Å². The van der Waals surface area contributed by atoms with Crippen molar-refractivity contribution in [1.29, 1.82) is 0 Å². The normalized spacial score (nSPS) is 12.6. The van der Waals surface area contributed by atoms with Gasteiger partial charge in [0.25, 0.3) is 0 Å². The summed E-state index contributed by atoms with van der Waals surface area (Å²) in [7, 11) is 0. The van der Waals surface area contributed by atoms with Gasteiger partial charge in [-0.25, -0.2) is 0 Å². The predicted octanol–water partition coefficient (Wildman–Crippen LogP) is 2.87. The molecule has 1 atom stereocenters. The van der Waals surface area contributed by atoms with Crippen molar-refractivity contribution >= 4 is 16.8 Å². The first-order valence-corrected chi connectivity index (χ1v) is 6.52. The topological polar surface area (TPSA) is 44.9 Å². The van der Waals surface area contributed by atoms with E-state index in [1.807, 2.05) is 30.5 Å². The molecule has 0 aliphatic carbocycles. The van der Waals surface area contributed by atoms with Crippen molar-refractivity contribution in [3.05, 3.63) is 36.0 Å². The third kappa shape index (κ3) is 2.92. The van der Waals surface area contributed by atoms with E-state index < -0.39 is 0 Å². The summed E-state index contributed by atoms with van der Waals surface area (Å²) in [6.07, 6.45) is 3.46. The molecule has 0 radical (unpaired) electrons. The number of rotatable bonds is 5. The number of hydrogen-bond acceptors (Lipinski definition) is 1. The van der Waals surface area contributed by atoms with Crippen LogP contribution in [0.4, 0.5) is 0 Å². The molecule has 0 saturated carbocycles. The standard InChI is InChI=1S/C15H20N2O/c1-3-11(2)9-17-15(18)8-12-10-16-14-7-5-4-6-13(12)14/h4-7,10-11,16H,3,8-9H2,1-2H3,(H,17,18).